The quantitative estimate of drug-likeness (QED) is 0.689. The molecule has 4 atom stereocenters. The minimum Gasteiger partial charge on any atom is -0.394 e. The molecule has 8 nitrogen and oxygen atoms in total. The number of aromatic nitrogens is 2. The number of aliphatic hydroxyl groups is 3. The number of ether oxygens (including phenoxy) is 1. The van der Waals surface area contributed by atoms with E-state index >= 15 is 0 Å². The van der Waals surface area contributed by atoms with E-state index in [2.05, 4.69) is 9.88 Å². The first-order valence-corrected chi connectivity index (χ1v) is 8.58. The molecule has 0 spiro atoms. The molecule has 0 aliphatic carbocycles. The topological polar surface area (TPSA) is 108 Å². The van der Waals surface area contributed by atoms with E-state index in [1.165, 1.54) is 25.5 Å². The van der Waals surface area contributed by atoms with Gasteiger partial charge in [0.1, 0.15) is 24.1 Å². The summed E-state index contributed by atoms with van der Waals surface area (Å²) in [4.78, 5) is 18.6. The van der Waals surface area contributed by atoms with Gasteiger partial charge < -0.3 is 25.0 Å². The molecule has 1 aromatic rings. The predicted octanol–water partition coefficient (Wildman–Crippen LogP) is -0.375. The summed E-state index contributed by atoms with van der Waals surface area (Å²) < 4.78 is 6.55. The van der Waals surface area contributed by atoms with Crippen LogP contribution in [0, 0.1) is 0 Å². The SMILES string of the molecule is O=c1nc(N2CCCCCCC2)ccn1[C@@H]1O[C@@H](CO)[C@@H](O)[C@H]1O. The Morgan fingerprint density at radius 2 is 1.79 bits per heavy atom. The van der Waals surface area contributed by atoms with Gasteiger partial charge in [0.2, 0.25) is 0 Å². The molecular weight excluding hydrogens is 314 g/mol. The summed E-state index contributed by atoms with van der Waals surface area (Å²) in [5.41, 5.74) is -0.538. The van der Waals surface area contributed by atoms with Crippen LogP contribution in [0.15, 0.2) is 17.1 Å². The van der Waals surface area contributed by atoms with Crippen LogP contribution < -0.4 is 10.6 Å². The molecule has 2 fully saturated rings. The lowest BCUT2D eigenvalue weighted by Gasteiger charge is -2.26. The summed E-state index contributed by atoms with van der Waals surface area (Å²) in [5.74, 6) is 0.630. The highest BCUT2D eigenvalue weighted by Crippen LogP contribution is 2.28. The van der Waals surface area contributed by atoms with Crippen LogP contribution in [0.1, 0.15) is 38.3 Å². The van der Waals surface area contributed by atoms with Crippen molar-refractivity contribution in [2.45, 2.75) is 56.6 Å². The minimum atomic E-state index is -1.28. The van der Waals surface area contributed by atoms with Crippen molar-refractivity contribution in [3.8, 4) is 0 Å². The monoisotopic (exact) mass is 339 g/mol. The van der Waals surface area contributed by atoms with Crippen LogP contribution in [0.5, 0.6) is 0 Å². The highest BCUT2D eigenvalue weighted by atomic mass is 16.6. The fourth-order valence-corrected chi connectivity index (χ4v) is 3.36. The zero-order valence-electron chi connectivity index (χ0n) is 13.6. The first kappa shape index (κ1) is 17.3. The summed E-state index contributed by atoms with van der Waals surface area (Å²) in [6.07, 6.45) is 2.86. The number of hydrogen-bond donors (Lipinski definition) is 3. The lowest BCUT2D eigenvalue weighted by atomic mass is 10.1. The van der Waals surface area contributed by atoms with Crippen LogP contribution in [0.2, 0.25) is 0 Å². The zero-order valence-corrected chi connectivity index (χ0v) is 13.6. The van der Waals surface area contributed by atoms with Gasteiger partial charge in [0, 0.05) is 19.3 Å². The van der Waals surface area contributed by atoms with Gasteiger partial charge in [-0.15, -0.1) is 0 Å². The Hall–Kier alpha value is -1.48. The third-order valence-electron chi connectivity index (χ3n) is 4.79. The molecule has 0 bridgehead atoms. The normalized spacial score (nSPS) is 31.7. The van der Waals surface area contributed by atoms with Crippen LogP contribution in [-0.4, -0.2) is 62.9 Å². The third-order valence-corrected chi connectivity index (χ3v) is 4.79. The van der Waals surface area contributed by atoms with Gasteiger partial charge in [0.05, 0.1) is 6.61 Å². The van der Waals surface area contributed by atoms with Crippen LogP contribution >= 0.6 is 0 Å². The lowest BCUT2D eigenvalue weighted by Crippen LogP contribution is -2.37. The van der Waals surface area contributed by atoms with Crippen molar-refractivity contribution in [2.24, 2.45) is 0 Å². The summed E-state index contributed by atoms with van der Waals surface area (Å²) in [5, 5.41) is 29.0. The van der Waals surface area contributed by atoms with Crippen LogP contribution in [0.3, 0.4) is 0 Å². The molecule has 0 aromatic carbocycles. The number of rotatable bonds is 3. The van der Waals surface area contributed by atoms with E-state index in [1.54, 1.807) is 6.07 Å². The largest absolute Gasteiger partial charge is 0.394 e. The Balaban J connectivity index is 1.78. The summed E-state index contributed by atoms with van der Waals surface area (Å²) in [6, 6.07) is 1.73. The second-order valence-electron chi connectivity index (χ2n) is 6.46. The molecule has 2 aliphatic rings. The van der Waals surface area contributed by atoms with Gasteiger partial charge in [-0.05, 0) is 18.9 Å². The Kier molecular flexibility index (Phi) is 5.50. The van der Waals surface area contributed by atoms with Gasteiger partial charge in [0.15, 0.2) is 6.23 Å². The summed E-state index contributed by atoms with van der Waals surface area (Å²) in [7, 11) is 0. The smallest absolute Gasteiger partial charge is 0.351 e. The van der Waals surface area contributed by atoms with Gasteiger partial charge in [-0.2, -0.15) is 4.98 Å². The molecule has 24 heavy (non-hydrogen) atoms. The standard InChI is InChI=1S/C16H25N3O5/c20-10-11-13(21)14(22)15(24-11)19-9-6-12(17-16(19)23)18-7-4-2-1-3-5-8-18/h6,9,11,13-15,20-22H,1-5,7-8,10H2/t11-,13+,14+,15+/m0/s1. The van der Waals surface area contributed by atoms with Gasteiger partial charge in [-0.3, -0.25) is 4.57 Å². The molecule has 3 rings (SSSR count). The van der Waals surface area contributed by atoms with Gasteiger partial charge in [0.25, 0.3) is 0 Å². The molecule has 1 aromatic heterocycles. The van der Waals surface area contributed by atoms with Crippen molar-refractivity contribution in [1.82, 2.24) is 9.55 Å². The molecule has 0 saturated carbocycles. The van der Waals surface area contributed by atoms with Crippen LogP contribution in [0.4, 0.5) is 5.82 Å². The Bertz CT molecular complexity index is 600. The van der Waals surface area contributed by atoms with Crippen molar-refractivity contribution in [3.63, 3.8) is 0 Å². The molecule has 3 N–H and O–H groups in total. The predicted molar refractivity (Wildman–Crippen MR) is 86.8 cm³/mol. The Labute approximate surface area is 140 Å². The molecule has 8 heteroatoms. The second-order valence-corrected chi connectivity index (χ2v) is 6.46. The van der Waals surface area contributed by atoms with Crippen LogP contribution in [0.25, 0.3) is 0 Å². The van der Waals surface area contributed by atoms with E-state index < -0.39 is 36.8 Å². The summed E-state index contributed by atoms with van der Waals surface area (Å²) >= 11 is 0. The van der Waals surface area contributed by atoms with Crippen molar-refractivity contribution >= 4 is 5.82 Å². The van der Waals surface area contributed by atoms with E-state index in [-0.39, 0.29) is 0 Å². The Morgan fingerprint density at radius 3 is 2.38 bits per heavy atom. The minimum absolute atomic E-state index is 0.428. The molecule has 134 valence electrons. The van der Waals surface area contributed by atoms with Crippen molar-refractivity contribution in [2.75, 3.05) is 24.6 Å². The first-order valence-electron chi connectivity index (χ1n) is 8.58. The highest BCUT2D eigenvalue weighted by molar-refractivity contribution is 5.36. The summed E-state index contributed by atoms with van der Waals surface area (Å²) in [6.45, 7) is 1.33. The van der Waals surface area contributed by atoms with E-state index in [9.17, 15) is 15.0 Å². The fraction of sp³-hybridized carbons (Fsp3) is 0.750. The van der Waals surface area contributed by atoms with E-state index in [1.807, 2.05) is 0 Å². The maximum absolute atomic E-state index is 12.4. The van der Waals surface area contributed by atoms with E-state index in [4.69, 9.17) is 9.84 Å². The average Bonchev–Trinajstić information content (AvgIpc) is 2.82. The second kappa shape index (κ2) is 7.60. The number of hydrogen-bond acceptors (Lipinski definition) is 7. The van der Waals surface area contributed by atoms with Crippen molar-refractivity contribution < 1.29 is 20.1 Å². The number of anilines is 1. The van der Waals surface area contributed by atoms with E-state index in [0.29, 0.717) is 5.82 Å². The molecule has 3 heterocycles. The molecule has 0 amide bonds. The Morgan fingerprint density at radius 1 is 1.12 bits per heavy atom. The lowest BCUT2D eigenvalue weighted by molar-refractivity contribution is -0.0549. The highest BCUT2D eigenvalue weighted by Gasteiger charge is 2.43. The fourth-order valence-electron chi connectivity index (χ4n) is 3.36. The van der Waals surface area contributed by atoms with Gasteiger partial charge in [-0.1, -0.05) is 19.3 Å². The van der Waals surface area contributed by atoms with Crippen molar-refractivity contribution in [3.05, 3.63) is 22.7 Å². The van der Waals surface area contributed by atoms with Crippen LogP contribution in [-0.2, 0) is 4.74 Å². The first-order chi connectivity index (χ1) is 11.6. The third kappa shape index (κ3) is 3.46. The van der Waals surface area contributed by atoms with E-state index in [0.717, 1.165) is 30.5 Å². The number of nitrogens with zero attached hydrogens (tertiary/aromatic N) is 3. The number of aliphatic hydroxyl groups excluding tert-OH is 3. The maximum atomic E-state index is 12.4. The average molecular weight is 339 g/mol. The van der Waals surface area contributed by atoms with Gasteiger partial charge >= 0.3 is 5.69 Å². The zero-order chi connectivity index (χ0) is 17.1. The van der Waals surface area contributed by atoms with Gasteiger partial charge in [-0.25, -0.2) is 4.79 Å². The molecule has 2 aliphatic heterocycles. The maximum Gasteiger partial charge on any atom is 0.351 e. The molecule has 0 unspecified atom stereocenters. The van der Waals surface area contributed by atoms with Crippen molar-refractivity contribution in [1.29, 1.82) is 0 Å². The molecule has 2 saturated heterocycles. The molecular formula is C16H25N3O5. The molecule has 0 radical (unpaired) electrons.